The second kappa shape index (κ2) is 8.18. The van der Waals surface area contributed by atoms with Gasteiger partial charge in [0.05, 0.1) is 0 Å². The van der Waals surface area contributed by atoms with Crippen molar-refractivity contribution in [2.24, 2.45) is 5.92 Å². The summed E-state index contributed by atoms with van der Waals surface area (Å²) in [5, 5.41) is 3.24. The molecule has 1 heterocycles. The number of nitrogens with one attached hydrogen (secondary N) is 1. The number of nitrogens with zero attached hydrogens (tertiary/aromatic N) is 1. The summed E-state index contributed by atoms with van der Waals surface area (Å²) in [4.78, 5) is 14.6. The highest BCUT2D eigenvalue weighted by atomic mass is 16.2. The van der Waals surface area contributed by atoms with Gasteiger partial charge in [0, 0.05) is 19.5 Å². The fraction of sp³-hybridized carbons (Fsp3) is 0.611. The summed E-state index contributed by atoms with van der Waals surface area (Å²) in [6, 6.07) is 10.4. The van der Waals surface area contributed by atoms with Crippen molar-refractivity contribution in [1.29, 1.82) is 0 Å². The van der Waals surface area contributed by atoms with Crippen LogP contribution in [0.3, 0.4) is 0 Å². The Kier molecular flexibility index (Phi) is 6.24. The number of benzene rings is 1. The first kappa shape index (κ1) is 16.0. The molecule has 21 heavy (non-hydrogen) atoms. The molecule has 1 fully saturated rings. The van der Waals surface area contributed by atoms with Crippen molar-refractivity contribution in [2.45, 2.75) is 38.5 Å². The van der Waals surface area contributed by atoms with Gasteiger partial charge in [-0.15, -0.1) is 0 Å². The fourth-order valence-corrected chi connectivity index (χ4v) is 3.24. The lowest BCUT2D eigenvalue weighted by molar-refractivity contribution is -0.133. The Morgan fingerprint density at radius 3 is 2.52 bits per heavy atom. The van der Waals surface area contributed by atoms with Gasteiger partial charge in [-0.3, -0.25) is 4.79 Å². The number of carbonyl (C=O) groups excluding carboxylic acids is 1. The van der Waals surface area contributed by atoms with Crippen LogP contribution in [0.15, 0.2) is 30.3 Å². The fourth-order valence-electron chi connectivity index (χ4n) is 3.24. The maximum atomic E-state index is 12.5. The van der Waals surface area contributed by atoms with E-state index in [0.29, 0.717) is 18.2 Å². The third kappa shape index (κ3) is 4.57. The summed E-state index contributed by atoms with van der Waals surface area (Å²) in [5.74, 6) is 1.41. The molecule has 1 N–H and O–H groups in total. The van der Waals surface area contributed by atoms with Gasteiger partial charge in [0.15, 0.2) is 0 Å². The summed E-state index contributed by atoms with van der Waals surface area (Å²) >= 11 is 0. The van der Waals surface area contributed by atoms with Gasteiger partial charge < -0.3 is 10.2 Å². The number of piperidine rings is 1. The number of rotatable bonds is 6. The Hall–Kier alpha value is -1.35. The average molecular weight is 288 g/mol. The number of likely N-dealkylation sites (tertiary alicyclic amines) is 1. The number of amides is 1. The zero-order valence-electron chi connectivity index (χ0n) is 13.3. The molecule has 1 saturated heterocycles. The first-order valence-corrected chi connectivity index (χ1v) is 8.22. The lowest BCUT2D eigenvalue weighted by atomic mass is 9.91. The topological polar surface area (TPSA) is 32.3 Å². The Morgan fingerprint density at radius 1 is 1.29 bits per heavy atom. The Labute approximate surface area is 128 Å². The molecule has 1 aliphatic rings. The smallest absolute Gasteiger partial charge is 0.223 e. The molecule has 0 radical (unpaired) electrons. The lowest BCUT2D eigenvalue weighted by Gasteiger charge is -2.33. The van der Waals surface area contributed by atoms with E-state index in [-0.39, 0.29) is 0 Å². The molecular formula is C18H28N2O. The van der Waals surface area contributed by atoms with E-state index in [2.05, 4.69) is 41.4 Å². The van der Waals surface area contributed by atoms with Gasteiger partial charge in [0.1, 0.15) is 0 Å². The molecule has 0 bridgehead atoms. The standard InChI is InChI=1S/C18H28N2O/c1-3-16(17-7-5-4-6-8-17)13-18(21)20-11-9-15(10-12-20)14-19-2/h4-8,15-16,19H,3,9-14H2,1-2H3. The summed E-state index contributed by atoms with van der Waals surface area (Å²) in [6.07, 6.45) is 3.94. The minimum atomic E-state index is 0.327. The summed E-state index contributed by atoms with van der Waals surface area (Å²) < 4.78 is 0. The predicted octanol–water partition coefficient (Wildman–Crippen LogP) is 3.03. The van der Waals surface area contributed by atoms with E-state index < -0.39 is 0 Å². The molecule has 0 saturated carbocycles. The molecule has 1 amide bonds. The van der Waals surface area contributed by atoms with Crippen molar-refractivity contribution >= 4 is 5.91 Å². The Bertz CT molecular complexity index is 424. The number of hydrogen-bond acceptors (Lipinski definition) is 2. The van der Waals surface area contributed by atoms with E-state index in [0.717, 1.165) is 44.8 Å². The highest BCUT2D eigenvalue weighted by Gasteiger charge is 2.24. The van der Waals surface area contributed by atoms with E-state index in [1.165, 1.54) is 5.56 Å². The van der Waals surface area contributed by atoms with Crippen molar-refractivity contribution in [3.63, 3.8) is 0 Å². The molecule has 0 spiro atoms. The van der Waals surface area contributed by atoms with E-state index in [1.807, 2.05) is 13.1 Å². The second-order valence-corrected chi connectivity index (χ2v) is 6.10. The molecule has 1 aromatic rings. The molecule has 116 valence electrons. The van der Waals surface area contributed by atoms with Crippen molar-refractivity contribution in [3.8, 4) is 0 Å². The van der Waals surface area contributed by atoms with Gasteiger partial charge in [-0.2, -0.15) is 0 Å². The average Bonchev–Trinajstić information content (AvgIpc) is 2.54. The Balaban J connectivity index is 1.86. The molecule has 0 aromatic heterocycles. The van der Waals surface area contributed by atoms with Gasteiger partial charge in [0.25, 0.3) is 0 Å². The minimum absolute atomic E-state index is 0.327. The van der Waals surface area contributed by atoms with Crippen molar-refractivity contribution < 1.29 is 4.79 Å². The minimum Gasteiger partial charge on any atom is -0.343 e. The number of carbonyl (C=O) groups is 1. The number of hydrogen-bond donors (Lipinski definition) is 1. The van der Waals surface area contributed by atoms with E-state index in [1.54, 1.807) is 0 Å². The van der Waals surface area contributed by atoms with Crippen LogP contribution in [-0.4, -0.2) is 37.5 Å². The maximum Gasteiger partial charge on any atom is 0.223 e. The molecule has 1 atom stereocenters. The van der Waals surface area contributed by atoms with E-state index in [4.69, 9.17) is 0 Å². The maximum absolute atomic E-state index is 12.5. The van der Waals surface area contributed by atoms with Crippen molar-refractivity contribution in [3.05, 3.63) is 35.9 Å². The lowest BCUT2D eigenvalue weighted by Crippen LogP contribution is -2.40. The summed E-state index contributed by atoms with van der Waals surface area (Å²) in [7, 11) is 2.00. The molecule has 1 unspecified atom stereocenters. The zero-order chi connectivity index (χ0) is 15.1. The second-order valence-electron chi connectivity index (χ2n) is 6.10. The van der Waals surface area contributed by atoms with Gasteiger partial charge in [0.2, 0.25) is 5.91 Å². The van der Waals surface area contributed by atoms with Gasteiger partial charge >= 0.3 is 0 Å². The van der Waals surface area contributed by atoms with Crippen LogP contribution in [0, 0.1) is 5.92 Å². The highest BCUT2D eigenvalue weighted by Crippen LogP contribution is 2.25. The van der Waals surface area contributed by atoms with Gasteiger partial charge in [-0.1, -0.05) is 37.3 Å². The van der Waals surface area contributed by atoms with Gasteiger partial charge in [-0.25, -0.2) is 0 Å². The molecule has 1 aromatic carbocycles. The van der Waals surface area contributed by atoms with Crippen LogP contribution in [0.2, 0.25) is 0 Å². The first-order valence-electron chi connectivity index (χ1n) is 8.22. The monoisotopic (exact) mass is 288 g/mol. The molecule has 1 aliphatic heterocycles. The SMILES string of the molecule is CCC(CC(=O)N1CCC(CNC)CC1)c1ccccc1. The predicted molar refractivity (Wildman–Crippen MR) is 87.3 cm³/mol. The molecular weight excluding hydrogens is 260 g/mol. The molecule has 0 aliphatic carbocycles. The van der Waals surface area contributed by atoms with Crippen molar-refractivity contribution in [2.75, 3.05) is 26.7 Å². The largest absolute Gasteiger partial charge is 0.343 e. The van der Waals surface area contributed by atoms with Gasteiger partial charge in [-0.05, 0) is 50.3 Å². The molecule has 3 nitrogen and oxygen atoms in total. The van der Waals surface area contributed by atoms with Crippen molar-refractivity contribution in [1.82, 2.24) is 10.2 Å². The van der Waals surface area contributed by atoms with Crippen LogP contribution in [0.1, 0.15) is 44.1 Å². The third-order valence-corrected chi connectivity index (χ3v) is 4.64. The Morgan fingerprint density at radius 2 is 1.95 bits per heavy atom. The third-order valence-electron chi connectivity index (χ3n) is 4.64. The highest BCUT2D eigenvalue weighted by molar-refractivity contribution is 5.77. The van der Waals surface area contributed by atoms with E-state index in [9.17, 15) is 4.79 Å². The first-order chi connectivity index (χ1) is 10.2. The van der Waals surface area contributed by atoms with Crippen LogP contribution >= 0.6 is 0 Å². The van der Waals surface area contributed by atoms with E-state index >= 15 is 0 Å². The molecule has 2 rings (SSSR count). The van der Waals surface area contributed by atoms with Crippen LogP contribution in [0.5, 0.6) is 0 Å². The van der Waals surface area contributed by atoms with Crippen LogP contribution in [0.4, 0.5) is 0 Å². The quantitative estimate of drug-likeness (QED) is 0.872. The zero-order valence-corrected chi connectivity index (χ0v) is 13.3. The van der Waals surface area contributed by atoms with Crippen LogP contribution in [0.25, 0.3) is 0 Å². The molecule has 3 heteroatoms. The van der Waals surface area contributed by atoms with Crippen LogP contribution < -0.4 is 5.32 Å². The normalized spacial score (nSPS) is 17.7. The van der Waals surface area contributed by atoms with Crippen LogP contribution in [-0.2, 0) is 4.79 Å². The summed E-state index contributed by atoms with van der Waals surface area (Å²) in [5.41, 5.74) is 1.29. The summed E-state index contributed by atoms with van der Waals surface area (Å²) in [6.45, 7) is 5.10.